The van der Waals surface area contributed by atoms with Gasteiger partial charge in [0, 0.05) is 21.0 Å². The summed E-state index contributed by atoms with van der Waals surface area (Å²) in [4.78, 5) is 1.75. The van der Waals surface area contributed by atoms with Gasteiger partial charge in [0.25, 0.3) is 5.92 Å². The fourth-order valence-electron chi connectivity index (χ4n) is 4.00. The average molecular weight is 436 g/mol. The molecule has 5 rings (SSSR count). The lowest BCUT2D eigenvalue weighted by atomic mass is 9.94. The van der Waals surface area contributed by atoms with Gasteiger partial charge in [-0.1, -0.05) is 76.6 Å². The van der Waals surface area contributed by atoms with Crippen LogP contribution in [0.15, 0.2) is 78.9 Å². The Balaban J connectivity index is 1.83. The number of benzene rings is 3. The number of hydrogen-bond donors (Lipinski definition) is 0. The number of halogens is 3. The third-order valence-electron chi connectivity index (χ3n) is 5.17. The van der Waals surface area contributed by atoms with Gasteiger partial charge in [-0.2, -0.15) is 8.78 Å². The number of hydrogen-bond acceptors (Lipinski definition) is 1. The van der Waals surface area contributed by atoms with Crippen LogP contribution in [0.2, 0.25) is 0 Å². The van der Waals surface area contributed by atoms with Crippen molar-refractivity contribution in [3.05, 3.63) is 100 Å². The number of fused-ring (bicyclic) bond motifs is 3. The number of rotatable bonds is 2. The Morgan fingerprint density at radius 2 is 1.54 bits per heavy atom. The number of nitrogens with zero attached hydrogens (tertiary/aromatic N) is 1. The molecule has 0 amide bonds. The van der Waals surface area contributed by atoms with Gasteiger partial charge in [0.15, 0.2) is 0 Å². The molecule has 138 valence electrons. The molecule has 1 aliphatic carbocycles. The van der Waals surface area contributed by atoms with Gasteiger partial charge in [-0.05, 0) is 40.6 Å². The van der Waals surface area contributed by atoms with Crippen molar-refractivity contribution in [1.82, 2.24) is 0 Å². The van der Waals surface area contributed by atoms with Gasteiger partial charge in [0.05, 0.1) is 12.2 Å². The highest BCUT2D eigenvalue weighted by Crippen LogP contribution is 2.39. The Labute approximate surface area is 170 Å². The van der Waals surface area contributed by atoms with Crippen molar-refractivity contribution in [3.8, 4) is 0 Å². The molecule has 3 aromatic rings. The van der Waals surface area contributed by atoms with Crippen LogP contribution in [0.3, 0.4) is 0 Å². The van der Waals surface area contributed by atoms with E-state index >= 15 is 0 Å². The lowest BCUT2D eigenvalue weighted by molar-refractivity contribution is 0.0813. The van der Waals surface area contributed by atoms with Crippen LogP contribution >= 0.6 is 15.9 Å². The number of allylic oxidation sites excluding steroid dienone is 1. The van der Waals surface area contributed by atoms with Crippen molar-refractivity contribution in [2.24, 2.45) is 0 Å². The first-order valence-corrected chi connectivity index (χ1v) is 9.86. The molecule has 0 spiro atoms. The third-order valence-corrected chi connectivity index (χ3v) is 5.82. The second kappa shape index (κ2) is 6.42. The molecular weight excluding hydrogens is 420 g/mol. The molecule has 0 N–H and O–H groups in total. The number of alkyl halides is 2. The molecule has 1 nitrogen and oxygen atoms in total. The zero-order valence-electron chi connectivity index (χ0n) is 14.9. The lowest BCUT2D eigenvalue weighted by Crippen LogP contribution is -2.42. The highest BCUT2D eigenvalue weighted by atomic mass is 79.9. The Kier molecular flexibility index (Phi) is 3.98. The second-order valence-corrected chi connectivity index (χ2v) is 7.88. The number of anilines is 2. The van der Waals surface area contributed by atoms with Crippen LogP contribution in [0.5, 0.6) is 0 Å². The van der Waals surface area contributed by atoms with E-state index in [4.69, 9.17) is 0 Å². The molecule has 28 heavy (non-hydrogen) atoms. The standard InChI is InChI=1S/C24H16BrF2N/c25-21-13-20(16-7-3-1-4-8-16)22-19(21)12-11-17-14-24(26,27)15-28(23(17)22)18-9-5-2-6-10-18/h1-14H,15H2. The SMILES string of the molecule is FC1(F)C=c2ccc3c(c2N(c2ccccc2)C1)C(c1ccccc1)=CC=3Br. The molecule has 0 bridgehead atoms. The Hall–Kier alpha value is -2.72. The largest absolute Gasteiger partial charge is 0.334 e. The van der Waals surface area contributed by atoms with Gasteiger partial charge in [0.1, 0.15) is 0 Å². The maximum Gasteiger partial charge on any atom is 0.284 e. The van der Waals surface area contributed by atoms with Crippen molar-refractivity contribution in [3.63, 3.8) is 0 Å². The van der Waals surface area contributed by atoms with E-state index in [0.717, 1.165) is 43.9 Å². The molecule has 0 saturated heterocycles. The molecule has 0 radical (unpaired) electrons. The monoisotopic (exact) mass is 435 g/mol. The van der Waals surface area contributed by atoms with Crippen molar-refractivity contribution >= 4 is 43.4 Å². The van der Waals surface area contributed by atoms with Crippen molar-refractivity contribution < 1.29 is 8.78 Å². The highest BCUT2D eigenvalue weighted by Gasteiger charge is 2.36. The smallest absolute Gasteiger partial charge is 0.284 e. The van der Waals surface area contributed by atoms with Crippen molar-refractivity contribution in [2.45, 2.75) is 5.92 Å². The Bertz CT molecular complexity index is 1210. The van der Waals surface area contributed by atoms with Gasteiger partial charge in [-0.25, -0.2) is 0 Å². The first-order valence-electron chi connectivity index (χ1n) is 9.07. The predicted molar refractivity (Wildman–Crippen MR) is 114 cm³/mol. The molecule has 0 fully saturated rings. The molecule has 4 heteroatoms. The zero-order valence-corrected chi connectivity index (χ0v) is 16.5. The van der Waals surface area contributed by atoms with Crippen LogP contribution < -0.4 is 15.3 Å². The molecule has 0 aromatic heterocycles. The molecule has 2 aliphatic rings. The van der Waals surface area contributed by atoms with Crippen LogP contribution in [0.4, 0.5) is 20.2 Å². The zero-order chi connectivity index (χ0) is 19.3. The van der Waals surface area contributed by atoms with Crippen LogP contribution in [0.1, 0.15) is 11.1 Å². The quantitative estimate of drug-likeness (QED) is 0.534. The van der Waals surface area contributed by atoms with Gasteiger partial charge < -0.3 is 4.90 Å². The summed E-state index contributed by atoms with van der Waals surface area (Å²) < 4.78 is 30.0. The van der Waals surface area contributed by atoms with Crippen LogP contribution in [0.25, 0.3) is 16.1 Å². The summed E-state index contributed by atoms with van der Waals surface area (Å²) in [5.74, 6) is -2.90. The summed E-state index contributed by atoms with van der Waals surface area (Å²) in [6.07, 6.45) is 3.17. The Morgan fingerprint density at radius 1 is 0.857 bits per heavy atom. The van der Waals surface area contributed by atoms with Gasteiger partial charge in [0.2, 0.25) is 0 Å². The van der Waals surface area contributed by atoms with E-state index in [1.165, 1.54) is 0 Å². The first-order chi connectivity index (χ1) is 13.5. The van der Waals surface area contributed by atoms with E-state index < -0.39 is 5.92 Å². The van der Waals surface area contributed by atoms with Crippen molar-refractivity contribution in [1.29, 1.82) is 0 Å². The molecule has 1 aliphatic heterocycles. The van der Waals surface area contributed by atoms with Crippen LogP contribution in [-0.4, -0.2) is 12.5 Å². The fraction of sp³-hybridized carbons (Fsp3) is 0.0833. The molecule has 0 saturated carbocycles. The molecule has 0 atom stereocenters. The summed E-state index contributed by atoms with van der Waals surface area (Å²) in [6, 6.07) is 23.2. The molecular formula is C24H16BrF2N. The maximum atomic E-state index is 14.5. The fourth-order valence-corrected chi connectivity index (χ4v) is 4.56. The molecule has 1 heterocycles. The number of para-hydroxylation sites is 1. The highest BCUT2D eigenvalue weighted by molar-refractivity contribution is 9.15. The van der Waals surface area contributed by atoms with E-state index in [2.05, 4.69) is 34.1 Å². The Morgan fingerprint density at radius 3 is 2.25 bits per heavy atom. The normalized spacial score (nSPS) is 16.9. The lowest BCUT2D eigenvalue weighted by Gasteiger charge is -2.34. The minimum absolute atomic E-state index is 0.375. The van der Waals surface area contributed by atoms with Crippen molar-refractivity contribution in [2.75, 3.05) is 11.4 Å². The first kappa shape index (κ1) is 17.4. The van der Waals surface area contributed by atoms with Gasteiger partial charge >= 0.3 is 0 Å². The van der Waals surface area contributed by atoms with E-state index in [9.17, 15) is 8.78 Å². The third kappa shape index (κ3) is 2.80. The summed E-state index contributed by atoms with van der Waals surface area (Å²) in [7, 11) is 0. The van der Waals surface area contributed by atoms with E-state index in [1.807, 2.05) is 54.6 Å². The van der Waals surface area contributed by atoms with Gasteiger partial charge in [-0.15, -0.1) is 0 Å². The molecule has 3 aromatic carbocycles. The minimum atomic E-state index is -2.90. The van der Waals surface area contributed by atoms with E-state index in [0.29, 0.717) is 5.22 Å². The average Bonchev–Trinajstić information content (AvgIpc) is 3.04. The topological polar surface area (TPSA) is 3.24 Å². The predicted octanol–water partition coefficient (Wildman–Crippen LogP) is 5.20. The second-order valence-electron chi connectivity index (χ2n) is 7.02. The minimum Gasteiger partial charge on any atom is -0.334 e. The van der Waals surface area contributed by atoms with Gasteiger partial charge in [-0.3, -0.25) is 0 Å². The summed E-state index contributed by atoms with van der Waals surface area (Å²) in [6.45, 7) is -0.375. The summed E-state index contributed by atoms with van der Waals surface area (Å²) >= 11 is 3.66. The maximum absolute atomic E-state index is 14.5. The summed E-state index contributed by atoms with van der Waals surface area (Å²) in [5, 5.41) is 1.58. The van der Waals surface area contributed by atoms with E-state index in [1.54, 1.807) is 11.0 Å². The van der Waals surface area contributed by atoms with E-state index in [-0.39, 0.29) is 6.54 Å². The molecule has 0 unspecified atom stereocenters. The van der Waals surface area contributed by atoms with Crippen LogP contribution in [0, 0.1) is 0 Å². The van der Waals surface area contributed by atoms with Crippen LogP contribution in [-0.2, 0) is 0 Å². The summed E-state index contributed by atoms with van der Waals surface area (Å²) in [5.41, 5.74) is 4.70.